The van der Waals surface area contributed by atoms with E-state index in [1.807, 2.05) is 85.8 Å². The van der Waals surface area contributed by atoms with Crippen LogP contribution in [-0.4, -0.2) is 38.2 Å². The van der Waals surface area contributed by atoms with Gasteiger partial charge in [0.1, 0.15) is 5.82 Å². The summed E-state index contributed by atoms with van der Waals surface area (Å²) in [4.78, 5) is 29.8. The average molecular weight is 548 g/mol. The molecule has 0 fully saturated rings. The van der Waals surface area contributed by atoms with Gasteiger partial charge in [0.15, 0.2) is 0 Å². The lowest BCUT2D eigenvalue weighted by atomic mass is 9.98. The summed E-state index contributed by atoms with van der Waals surface area (Å²) in [5.74, 6) is -0.261. The van der Waals surface area contributed by atoms with Gasteiger partial charge in [-0.05, 0) is 59.4 Å². The minimum absolute atomic E-state index is 0.109. The molecule has 0 radical (unpaired) electrons. The number of imidazole rings is 1. The summed E-state index contributed by atoms with van der Waals surface area (Å²) in [5, 5.41) is 22.9. The summed E-state index contributed by atoms with van der Waals surface area (Å²) in [7, 11) is 0. The highest BCUT2D eigenvalue weighted by Gasteiger charge is 2.18. The number of carbonyl (C=O) groups is 2. The number of aliphatic hydroxyl groups excluding tert-OH is 1. The van der Waals surface area contributed by atoms with Crippen molar-refractivity contribution in [2.24, 2.45) is 0 Å². The van der Waals surface area contributed by atoms with Crippen molar-refractivity contribution in [2.75, 3.05) is 6.54 Å². The number of rotatable bonds is 10. The van der Waals surface area contributed by atoms with Crippen LogP contribution in [0.5, 0.6) is 0 Å². The molecule has 4 aromatic carbocycles. The van der Waals surface area contributed by atoms with Gasteiger partial charge in [-0.3, -0.25) is 4.79 Å². The molecule has 208 valence electrons. The number of carbonyl (C=O) groups excluding carboxylic acids is 1. The Balaban J connectivity index is 1.42. The van der Waals surface area contributed by atoms with Crippen molar-refractivity contribution >= 4 is 22.9 Å². The Morgan fingerprint density at radius 3 is 2.37 bits per heavy atom. The standard InChI is InChI=1S/C34H33N3O4/c1-3-9-31-36-32-22(2)18-26(33(39)35-20-30(38)25-10-5-4-6-11-25)19-29(32)37(31)21-23-14-16-24(17-15-23)27-12-7-8-13-28(27)34(40)41/h4-8,10-19,30,38H,3,9,20-21H2,1-2H3,(H,35,39)(H,40,41)/t30-/m1/s1. The topological polar surface area (TPSA) is 104 Å². The Morgan fingerprint density at radius 1 is 0.951 bits per heavy atom. The molecule has 1 aromatic heterocycles. The molecule has 7 heteroatoms. The maximum atomic E-state index is 13.1. The maximum absolute atomic E-state index is 13.1. The van der Waals surface area contributed by atoms with Crippen molar-refractivity contribution < 1.29 is 19.8 Å². The second-order valence-electron chi connectivity index (χ2n) is 10.2. The number of aryl methyl sites for hydroxylation is 2. The number of aromatic carboxylic acids is 1. The lowest BCUT2D eigenvalue weighted by Crippen LogP contribution is -2.28. The van der Waals surface area contributed by atoms with E-state index in [1.54, 1.807) is 12.1 Å². The Labute approximate surface area is 239 Å². The van der Waals surface area contributed by atoms with Gasteiger partial charge in [0.25, 0.3) is 5.91 Å². The van der Waals surface area contributed by atoms with Crippen LogP contribution in [-0.2, 0) is 13.0 Å². The summed E-state index contributed by atoms with van der Waals surface area (Å²) < 4.78 is 2.15. The Hall–Kier alpha value is -4.75. The highest BCUT2D eigenvalue weighted by molar-refractivity contribution is 5.98. The molecule has 7 nitrogen and oxygen atoms in total. The van der Waals surface area contributed by atoms with Gasteiger partial charge in [0.2, 0.25) is 0 Å². The van der Waals surface area contributed by atoms with Crippen molar-refractivity contribution in [1.82, 2.24) is 14.9 Å². The fourth-order valence-corrected chi connectivity index (χ4v) is 5.14. The molecule has 1 atom stereocenters. The molecule has 1 amide bonds. The van der Waals surface area contributed by atoms with Crippen molar-refractivity contribution in [3.8, 4) is 11.1 Å². The van der Waals surface area contributed by atoms with Crippen LogP contribution < -0.4 is 5.32 Å². The third-order valence-corrected chi connectivity index (χ3v) is 7.26. The second kappa shape index (κ2) is 12.2. The highest BCUT2D eigenvalue weighted by atomic mass is 16.4. The SMILES string of the molecule is CCCc1nc2c(C)cc(C(=O)NC[C@@H](O)c3ccccc3)cc2n1Cc1ccc(-c2ccccc2C(=O)O)cc1. The summed E-state index contributed by atoms with van der Waals surface area (Å²) >= 11 is 0. The van der Waals surface area contributed by atoms with Crippen LogP contribution in [0, 0.1) is 6.92 Å². The van der Waals surface area contributed by atoms with Crippen LogP contribution in [0.15, 0.2) is 91.0 Å². The van der Waals surface area contributed by atoms with Gasteiger partial charge in [-0.15, -0.1) is 0 Å². The van der Waals surface area contributed by atoms with Gasteiger partial charge in [-0.2, -0.15) is 0 Å². The Morgan fingerprint density at radius 2 is 1.66 bits per heavy atom. The Kier molecular flexibility index (Phi) is 8.26. The smallest absolute Gasteiger partial charge is 0.336 e. The number of amides is 1. The normalized spacial score (nSPS) is 11.9. The summed E-state index contributed by atoms with van der Waals surface area (Å²) in [6, 6.07) is 27.9. The molecule has 1 heterocycles. The second-order valence-corrected chi connectivity index (χ2v) is 10.2. The van der Waals surface area contributed by atoms with Crippen LogP contribution in [0.2, 0.25) is 0 Å². The first kappa shape index (κ1) is 27.8. The number of hydrogen-bond donors (Lipinski definition) is 3. The highest BCUT2D eigenvalue weighted by Crippen LogP contribution is 2.27. The first-order valence-electron chi connectivity index (χ1n) is 13.8. The minimum atomic E-state index is -0.955. The zero-order valence-corrected chi connectivity index (χ0v) is 23.2. The van der Waals surface area contributed by atoms with Gasteiger partial charge in [0.05, 0.1) is 22.7 Å². The van der Waals surface area contributed by atoms with Crippen molar-refractivity contribution in [1.29, 1.82) is 0 Å². The van der Waals surface area contributed by atoms with Gasteiger partial charge >= 0.3 is 5.97 Å². The molecule has 0 saturated carbocycles. The van der Waals surface area contributed by atoms with E-state index in [-0.39, 0.29) is 18.0 Å². The molecule has 0 aliphatic carbocycles. The third kappa shape index (κ3) is 6.05. The number of fused-ring (bicyclic) bond motifs is 1. The van der Waals surface area contributed by atoms with E-state index >= 15 is 0 Å². The summed E-state index contributed by atoms with van der Waals surface area (Å²) in [6.07, 6.45) is 0.929. The summed E-state index contributed by atoms with van der Waals surface area (Å²) in [6.45, 7) is 4.74. The average Bonchev–Trinajstić information content (AvgIpc) is 3.34. The zero-order chi connectivity index (χ0) is 28.9. The quantitative estimate of drug-likeness (QED) is 0.194. The molecule has 0 aliphatic rings. The van der Waals surface area contributed by atoms with Gasteiger partial charge in [0, 0.05) is 25.1 Å². The number of benzene rings is 4. The molecule has 0 unspecified atom stereocenters. The molecule has 0 bridgehead atoms. The van der Waals surface area contributed by atoms with E-state index in [1.165, 1.54) is 0 Å². The monoisotopic (exact) mass is 547 g/mol. The first-order chi connectivity index (χ1) is 19.9. The van der Waals surface area contributed by atoms with Crippen LogP contribution in [0.25, 0.3) is 22.2 Å². The predicted octanol–water partition coefficient (Wildman–Crippen LogP) is 6.17. The summed E-state index contributed by atoms with van der Waals surface area (Å²) in [5.41, 5.74) is 6.73. The first-order valence-corrected chi connectivity index (χ1v) is 13.8. The number of nitrogens with zero attached hydrogens (tertiary/aromatic N) is 2. The van der Waals surface area contributed by atoms with E-state index in [0.717, 1.165) is 52.0 Å². The van der Waals surface area contributed by atoms with Crippen LogP contribution in [0.1, 0.15) is 62.7 Å². The van der Waals surface area contributed by atoms with Gasteiger partial charge in [-0.1, -0.05) is 79.7 Å². The van der Waals surface area contributed by atoms with Crippen molar-refractivity contribution in [2.45, 2.75) is 39.3 Å². The molecule has 0 saturated heterocycles. The van der Waals surface area contributed by atoms with Crippen LogP contribution in [0.4, 0.5) is 0 Å². The number of aromatic nitrogens is 2. The Bertz CT molecular complexity index is 1690. The van der Waals surface area contributed by atoms with E-state index in [9.17, 15) is 19.8 Å². The molecular weight excluding hydrogens is 514 g/mol. The van der Waals surface area contributed by atoms with Crippen molar-refractivity contribution in [3.05, 3.63) is 125 Å². The zero-order valence-electron chi connectivity index (χ0n) is 23.2. The van der Waals surface area contributed by atoms with E-state index < -0.39 is 12.1 Å². The van der Waals surface area contributed by atoms with Crippen LogP contribution >= 0.6 is 0 Å². The predicted molar refractivity (Wildman–Crippen MR) is 160 cm³/mol. The van der Waals surface area contributed by atoms with E-state index in [4.69, 9.17) is 4.98 Å². The number of carboxylic acid groups (broad SMARTS) is 1. The van der Waals surface area contributed by atoms with E-state index in [0.29, 0.717) is 17.7 Å². The number of nitrogens with one attached hydrogen (secondary N) is 1. The van der Waals surface area contributed by atoms with Gasteiger partial charge in [-0.25, -0.2) is 9.78 Å². The fourth-order valence-electron chi connectivity index (χ4n) is 5.14. The third-order valence-electron chi connectivity index (χ3n) is 7.26. The van der Waals surface area contributed by atoms with Gasteiger partial charge < -0.3 is 20.1 Å². The lowest BCUT2D eigenvalue weighted by Gasteiger charge is -2.13. The molecule has 0 aliphatic heterocycles. The lowest BCUT2D eigenvalue weighted by molar-refractivity contribution is 0.0697. The number of carboxylic acids is 1. The molecule has 5 rings (SSSR count). The number of aliphatic hydroxyl groups is 1. The number of hydrogen-bond acceptors (Lipinski definition) is 4. The van der Waals surface area contributed by atoms with E-state index in [2.05, 4.69) is 16.8 Å². The van der Waals surface area contributed by atoms with Crippen LogP contribution in [0.3, 0.4) is 0 Å². The molecule has 0 spiro atoms. The molecule has 5 aromatic rings. The van der Waals surface area contributed by atoms with Crippen molar-refractivity contribution in [3.63, 3.8) is 0 Å². The molecular formula is C34H33N3O4. The molecule has 3 N–H and O–H groups in total. The maximum Gasteiger partial charge on any atom is 0.336 e. The minimum Gasteiger partial charge on any atom is -0.478 e. The fraction of sp³-hybridized carbons (Fsp3) is 0.206. The molecule has 41 heavy (non-hydrogen) atoms. The largest absolute Gasteiger partial charge is 0.478 e.